The lowest BCUT2D eigenvalue weighted by Crippen LogP contribution is -2.69. The van der Waals surface area contributed by atoms with Crippen molar-refractivity contribution >= 4 is 97.9 Å². The minimum atomic E-state index is -3.43. The predicted octanol–water partition coefficient (Wildman–Crippen LogP) is 16.7. The van der Waals surface area contributed by atoms with Crippen molar-refractivity contribution in [3.63, 3.8) is 0 Å². The van der Waals surface area contributed by atoms with Crippen LogP contribution in [-0.4, -0.2) is 56.4 Å². The van der Waals surface area contributed by atoms with Crippen molar-refractivity contribution in [2.24, 2.45) is 47.3 Å². The van der Waals surface area contributed by atoms with E-state index in [4.69, 9.17) is 27.2 Å². The van der Waals surface area contributed by atoms with Crippen molar-refractivity contribution in [3.05, 3.63) is 287 Å². The quantitative estimate of drug-likeness (QED) is 0.0864. The molecule has 0 radical (unpaired) electrons. The molecule has 3 saturated carbocycles. The molecular weight excluding hydrogens is 1450 g/mol. The fourth-order valence-electron chi connectivity index (χ4n) is 22.0. The van der Waals surface area contributed by atoms with Gasteiger partial charge in [0.05, 0.1) is 48.1 Å². The first-order chi connectivity index (χ1) is 53.4. The van der Waals surface area contributed by atoms with Crippen molar-refractivity contribution in [3.8, 4) is 23.0 Å². The van der Waals surface area contributed by atoms with E-state index in [9.17, 15) is 0 Å². The van der Waals surface area contributed by atoms with Crippen molar-refractivity contribution in [1.82, 2.24) is 0 Å². The third-order valence-corrected chi connectivity index (χ3v) is 47.0. The fourth-order valence-corrected chi connectivity index (χ4v) is 40.0. The van der Waals surface area contributed by atoms with E-state index in [-0.39, 0.29) is 36.0 Å². The first-order valence-electron chi connectivity index (χ1n) is 40.4. The van der Waals surface area contributed by atoms with E-state index in [2.05, 4.69) is 305 Å². The standard InChI is InChI=1S/C98H104O10Si4/c1-59-60(2)88(106-110(96(8,9)10,65-45-29-19-30-46-65)66-47-31-20-32-48-66)80-79(87(59)105-109(95(5,6)7,63-41-25-17-26-42-63)64-43-27-18-28-44-64)91-75-76(92(80)103-91)84(100)72-58-74-73(57-71(72)83(75)99)85(101)77-78(86(74)102)94-82-81(93(77)104-94)89(107-111(97(11,12)13,67-49-33-21-34-50-67)68-51-35-22-36-52-68)61(3)62(4)90(82)108-112(98(14,15)16,69-53-37-23-38-54-69)70-55-39-24-40-56-70/h17-56,71-78,91-94H,57-58H2,1-16H3. The molecule has 4 bridgehead atoms. The lowest BCUT2D eigenvalue weighted by atomic mass is 9.50. The highest BCUT2D eigenvalue weighted by Crippen LogP contribution is 2.71. The first kappa shape index (κ1) is 75.5. The smallest absolute Gasteiger partial charge is 0.319 e. The van der Waals surface area contributed by atoms with Crippen molar-refractivity contribution in [2.75, 3.05) is 0 Å². The van der Waals surface area contributed by atoms with E-state index >= 15 is 19.2 Å². The highest BCUT2D eigenvalue weighted by molar-refractivity contribution is 7.02. The highest BCUT2D eigenvalue weighted by atomic mass is 28.4. The fraction of sp³-hybridized carbons (Fsp3) is 0.347. The van der Waals surface area contributed by atoms with E-state index in [1.54, 1.807) is 0 Å². The molecule has 5 fully saturated rings. The Bertz CT molecular complexity index is 4510. The monoisotopic (exact) mass is 1550 g/mol. The summed E-state index contributed by atoms with van der Waals surface area (Å²) < 4.78 is 48.4. The summed E-state index contributed by atoms with van der Waals surface area (Å²) >= 11 is 0. The van der Waals surface area contributed by atoms with Gasteiger partial charge in [-0.05, 0) is 124 Å². The van der Waals surface area contributed by atoms with Crippen molar-refractivity contribution in [2.45, 2.75) is 168 Å². The summed E-state index contributed by atoms with van der Waals surface area (Å²) in [7, 11) is -13.7. The molecule has 2 saturated heterocycles. The topological polar surface area (TPSA) is 124 Å². The molecule has 10 nitrogen and oxygen atoms in total. The zero-order chi connectivity index (χ0) is 78.7. The number of hydrogen-bond acceptors (Lipinski definition) is 10. The Balaban J connectivity index is 0.817. The molecule has 0 amide bonds. The number of fused-ring (bicyclic) bond motifs is 18. The Kier molecular flexibility index (Phi) is 18.4. The predicted molar refractivity (Wildman–Crippen MR) is 455 cm³/mol. The van der Waals surface area contributed by atoms with Crippen molar-refractivity contribution < 1.29 is 46.4 Å². The summed E-state index contributed by atoms with van der Waals surface area (Å²) in [5, 5.41) is 6.90. The third-order valence-electron chi connectivity index (χ3n) is 27.3. The Morgan fingerprint density at radius 3 is 0.527 bits per heavy atom. The maximum absolute atomic E-state index is 16.8. The van der Waals surface area contributed by atoms with E-state index in [1.807, 2.05) is 48.5 Å². The zero-order valence-electron chi connectivity index (χ0n) is 67.5. The maximum Gasteiger partial charge on any atom is 0.319 e. The molecule has 14 heteroatoms. The van der Waals surface area contributed by atoms with Crippen LogP contribution in [0.25, 0.3) is 0 Å². The summed E-state index contributed by atoms with van der Waals surface area (Å²) in [4.78, 5) is 67.2. The van der Waals surface area contributed by atoms with Gasteiger partial charge < -0.3 is 27.2 Å². The van der Waals surface area contributed by atoms with Gasteiger partial charge in [-0.1, -0.05) is 326 Å². The second kappa shape index (κ2) is 27.3. The molecule has 7 aliphatic rings. The minimum absolute atomic E-state index is 0.0620. The average molecular weight is 1550 g/mol. The molecule has 572 valence electrons. The normalized spacial score (nSPS) is 24.0. The molecule has 0 aromatic heterocycles. The molecule has 4 aliphatic heterocycles. The molecule has 10 aromatic carbocycles. The van der Waals surface area contributed by atoms with Gasteiger partial charge in [0.15, 0.2) is 0 Å². The average Bonchev–Trinajstić information content (AvgIpc) is 1.45. The lowest BCUT2D eigenvalue weighted by molar-refractivity contribution is -0.160. The first-order valence-corrected chi connectivity index (χ1v) is 48.1. The number of ether oxygens (including phenoxy) is 2. The second-order valence-corrected chi connectivity index (χ2v) is 54.0. The molecule has 3 aliphatic carbocycles. The Hall–Kier alpha value is -9.13. The Labute approximate surface area is 665 Å². The summed E-state index contributed by atoms with van der Waals surface area (Å²) in [5.41, 5.74) is 6.54. The van der Waals surface area contributed by atoms with Crippen molar-refractivity contribution in [1.29, 1.82) is 0 Å². The van der Waals surface area contributed by atoms with Crippen LogP contribution in [0, 0.1) is 75.0 Å². The number of ketones is 4. The molecule has 12 unspecified atom stereocenters. The van der Waals surface area contributed by atoms with Gasteiger partial charge in [-0.15, -0.1) is 0 Å². The zero-order valence-corrected chi connectivity index (χ0v) is 71.5. The van der Waals surface area contributed by atoms with Crippen LogP contribution in [0.15, 0.2) is 243 Å². The van der Waals surface area contributed by atoms with Gasteiger partial charge in [0.1, 0.15) is 46.1 Å². The van der Waals surface area contributed by atoms with Crippen LogP contribution in [0.1, 0.15) is 165 Å². The molecule has 10 aromatic rings. The number of benzene rings is 10. The van der Waals surface area contributed by atoms with E-state index in [0.717, 1.165) is 86.0 Å². The van der Waals surface area contributed by atoms with Gasteiger partial charge in [0, 0.05) is 45.9 Å². The van der Waals surface area contributed by atoms with Crippen LogP contribution in [-0.2, 0) is 28.7 Å². The SMILES string of the molecule is Cc1c(C)c(O[Si](c2ccccc2)(c2ccccc2)C(C)(C)C)c2c(c1O[Si](c1ccccc1)(c1ccccc1)C(C)(C)C)C1OC2C2C(=O)C3CC4C(=O)C5C6OC(c7c(O[Si](c8ccccc8)(c8ccccc8)C(C)(C)C)c(C)c(C)c(O[Si](c8ccccc8)(c8ccccc8)C(C)(C)C)c76)C5C(=O)C4CC3C(=O)C12. The second-order valence-electron chi connectivity index (χ2n) is 37.1. The number of carbonyl (C=O) groups excluding carboxylic acids is 4. The Morgan fingerprint density at radius 1 is 0.250 bits per heavy atom. The molecule has 12 atom stereocenters. The summed E-state index contributed by atoms with van der Waals surface area (Å²) in [6.45, 7) is 35.8. The van der Waals surface area contributed by atoms with Gasteiger partial charge in [-0.3, -0.25) is 19.2 Å². The largest absolute Gasteiger partial charge is 0.534 e. The summed E-state index contributed by atoms with van der Waals surface area (Å²) in [6, 6.07) is 85.0. The minimum Gasteiger partial charge on any atom is -0.534 e. The van der Waals surface area contributed by atoms with Crippen LogP contribution in [0.4, 0.5) is 0 Å². The van der Waals surface area contributed by atoms with Gasteiger partial charge in [-0.2, -0.15) is 0 Å². The van der Waals surface area contributed by atoms with E-state index < -0.39 is 125 Å². The van der Waals surface area contributed by atoms with Gasteiger partial charge in [0.25, 0.3) is 0 Å². The number of hydrogen-bond donors (Lipinski definition) is 0. The Morgan fingerprint density at radius 2 is 0.393 bits per heavy atom. The van der Waals surface area contributed by atoms with Crippen LogP contribution < -0.4 is 59.2 Å². The van der Waals surface area contributed by atoms with E-state index in [0.29, 0.717) is 23.0 Å². The van der Waals surface area contributed by atoms with Crippen LogP contribution >= 0.6 is 0 Å². The molecular formula is C98H104O10Si4. The lowest BCUT2D eigenvalue weighted by Gasteiger charge is -2.50. The van der Waals surface area contributed by atoms with Gasteiger partial charge in [0.2, 0.25) is 0 Å². The summed E-state index contributed by atoms with van der Waals surface area (Å²) in [6.07, 6.45) is -3.49. The summed E-state index contributed by atoms with van der Waals surface area (Å²) in [5.74, 6) is -4.78. The van der Waals surface area contributed by atoms with Crippen LogP contribution in [0.3, 0.4) is 0 Å². The van der Waals surface area contributed by atoms with Gasteiger partial charge >= 0.3 is 33.3 Å². The molecule has 112 heavy (non-hydrogen) atoms. The molecule has 0 N–H and O–H groups in total. The number of carbonyl (C=O) groups is 4. The highest BCUT2D eigenvalue weighted by Gasteiger charge is 2.72. The molecule has 4 heterocycles. The third kappa shape index (κ3) is 11.0. The molecule has 0 spiro atoms. The maximum atomic E-state index is 16.8. The van der Waals surface area contributed by atoms with Crippen LogP contribution in [0.5, 0.6) is 23.0 Å². The number of Topliss-reactive ketones (excluding diaryl/α,β-unsaturated/α-hetero) is 4. The van der Waals surface area contributed by atoms with Crippen LogP contribution in [0.2, 0.25) is 20.2 Å². The van der Waals surface area contributed by atoms with E-state index in [1.165, 1.54) is 0 Å². The number of rotatable bonds is 16. The molecule has 17 rings (SSSR count). The van der Waals surface area contributed by atoms with Gasteiger partial charge in [-0.25, -0.2) is 0 Å².